The van der Waals surface area contributed by atoms with Crippen molar-refractivity contribution < 1.29 is 17.9 Å². The molecule has 2 aromatic carbocycles. The van der Waals surface area contributed by atoms with Gasteiger partial charge in [-0.25, -0.2) is 13.1 Å². The summed E-state index contributed by atoms with van der Waals surface area (Å²) < 4.78 is 32.5. The number of nitrogens with one attached hydrogen (secondary N) is 2. The van der Waals surface area contributed by atoms with Gasteiger partial charge in [-0.05, 0) is 55.8 Å². The van der Waals surface area contributed by atoms with Gasteiger partial charge < -0.3 is 10.1 Å². The van der Waals surface area contributed by atoms with Crippen LogP contribution >= 0.6 is 0 Å². The first-order chi connectivity index (χ1) is 12.3. The summed E-state index contributed by atoms with van der Waals surface area (Å²) in [6, 6.07) is 10.9. The summed E-state index contributed by atoms with van der Waals surface area (Å²) in [5.74, 6) is 0.528. The van der Waals surface area contributed by atoms with E-state index >= 15 is 0 Å². The molecule has 1 amide bonds. The molecule has 6 nitrogen and oxygen atoms in total. The quantitative estimate of drug-likeness (QED) is 0.838. The van der Waals surface area contributed by atoms with Crippen LogP contribution < -0.4 is 14.8 Å². The molecule has 1 atom stereocenters. The third kappa shape index (κ3) is 3.59. The predicted octanol–water partition coefficient (Wildman–Crippen LogP) is 1.95. The van der Waals surface area contributed by atoms with Crippen LogP contribution in [0.25, 0.3) is 0 Å². The molecule has 0 spiro atoms. The summed E-state index contributed by atoms with van der Waals surface area (Å²) in [6.07, 6.45) is 0.617. The lowest BCUT2D eigenvalue weighted by Crippen LogP contribution is -2.34. The zero-order chi connectivity index (χ0) is 18.9. The van der Waals surface area contributed by atoms with E-state index < -0.39 is 10.0 Å². The minimum Gasteiger partial charge on any atom is -0.488 e. The number of hydrogen-bond acceptors (Lipinski definition) is 4. The first-order valence-electron chi connectivity index (χ1n) is 8.39. The van der Waals surface area contributed by atoms with Gasteiger partial charge in [-0.1, -0.05) is 18.2 Å². The van der Waals surface area contributed by atoms with Gasteiger partial charge in [0.05, 0.1) is 11.4 Å². The van der Waals surface area contributed by atoms with Crippen molar-refractivity contribution in [1.82, 2.24) is 10.0 Å². The van der Waals surface area contributed by atoms with E-state index in [1.807, 2.05) is 24.3 Å². The molecule has 0 aromatic heterocycles. The molecule has 1 aliphatic rings. The van der Waals surface area contributed by atoms with Gasteiger partial charge in [-0.15, -0.1) is 0 Å². The number of hydrogen-bond donors (Lipinski definition) is 2. The lowest BCUT2D eigenvalue weighted by Gasteiger charge is -2.14. The molecule has 0 saturated carbocycles. The number of amides is 1. The SMILES string of the molecule is CNS(=O)(=O)c1cc(C(=O)NC[C@H]2Cc3ccccc3O2)cc(C)c1C. The average molecular weight is 374 g/mol. The van der Waals surface area contributed by atoms with Crippen LogP contribution in [0, 0.1) is 13.8 Å². The molecule has 2 aromatic rings. The Balaban J connectivity index is 1.73. The maximum atomic E-state index is 12.5. The zero-order valence-corrected chi connectivity index (χ0v) is 15.8. The highest BCUT2D eigenvalue weighted by Crippen LogP contribution is 2.28. The molecule has 1 aliphatic heterocycles. The molecule has 1 heterocycles. The number of ether oxygens (including phenoxy) is 1. The van der Waals surface area contributed by atoms with Crippen LogP contribution in [0.15, 0.2) is 41.3 Å². The fraction of sp³-hybridized carbons (Fsp3) is 0.316. The Morgan fingerprint density at radius 2 is 1.96 bits per heavy atom. The second kappa shape index (κ2) is 7.09. The standard InChI is InChI=1S/C19H22N2O4S/c1-12-8-15(10-18(13(12)2)26(23,24)20-3)19(22)21-11-16-9-14-6-4-5-7-17(14)25-16/h4-8,10,16,20H,9,11H2,1-3H3,(H,21,22)/t16-/m1/s1. The van der Waals surface area contributed by atoms with Gasteiger partial charge in [0.2, 0.25) is 10.0 Å². The summed E-state index contributed by atoms with van der Waals surface area (Å²) >= 11 is 0. The largest absolute Gasteiger partial charge is 0.488 e. The Labute approximate surface area is 153 Å². The number of benzene rings is 2. The molecule has 0 aliphatic carbocycles. The maximum absolute atomic E-state index is 12.5. The van der Waals surface area contributed by atoms with Gasteiger partial charge in [0.1, 0.15) is 11.9 Å². The number of aryl methyl sites for hydroxylation is 1. The van der Waals surface area contributed by atoms with Gasteiger partial charge in [0, 0.05) is 12.0 Å². The van der Waals surface area contributed by atoms with Crippen molar-refractivity contribution in [3.63, 3.8) is 0 Å². The molecule has 7 heteroatoms. The highest BCUT2D eigenvalue weighted by Gasteiger charge is 2.24. The van der Waals surface area contributed by atoms with E-state index in [2.05, 4.69) is 10.0 Å². The molecule has 138 valence electrons. The van der Waals surface area contributed by atoms with Crippen LogP contribution in [0.1, 0.15) is 27.0 Å². The monoisotopic (exact) mass is 374 g/mol. The van der Waals surface area contributed by atoms with Crippen molar-refractivity contribution in [2.45, 2.75) is 31.3 Å². The molecule has 0 fully saturated rings. The Hall–Kier alpha value is -2.38. The van der Waals surface area contributed by atoms with Gasteiger partial charge in [-0.3, -0.25) is 4.79 Å². The number of carbonyl (C=O) groups excluding carboxylic acids is 1. The molecule has 0 bridgehead atoms. The van der Waals surface area contributed by atoms with E-state index in [-0.39, 0.29) is 16.9 Å². The van der Waals surface area contributed by atoms with Crippen LogP contribution in [-0.4, -0.2) is 34.0 Å². The van der Waals surface area contributed by atoms with E-state index in [1.165, 1.54) is 13.1 Å². The highest BCUT2D eigenvalue weighted by molar-refractivity contribution is 7.89. The average Bonchev–Trinajstić information content (AvgIpc) is 3.04. The lowest BCUT2D eigenvalue weighted by atomic mass is 10.1. The minimum atomic E-state index is -3.63. The summed E-state index contributed by atoms with van der Waals surface area (Å²) in [5, 5.41) is 2.84. The van der Waals surface area contributed by atoms with E-state index in [4.69, 9.17) is 4.74 Å². The molecule has 0 saturated heterocycles. The van der Waals surface area contributed by atoms with Crippen LogP contribution in [0.4, 0.5) is 0 Å². The maximum Gasteiger partial charge on any atom is 0.251 e. The molecular weight excluding hydrogens is 352 g/mol. The molecule has 0 radical (unpaired) electrons. The van der Waals surface area contributed by atoms with E-state index in [9.17, 15) is 13.2 Å². The first kappa shape index (κ1) is 18.4. The van der Waals surface area contributed by atoms with Gasteiger partial charge in [-0.2, -0.15) is 0 Å². The number of carbonyl (C=O) groups is 1. The Morgan fingerprint density at radius 1 is 1.23 bits per heavy atom. The Morgan fingerprint density at radius 3 is 2.65 bits per heavy atom. The van der Waals surface area contributed by atoms with Gasteiger partial charge in [0.25, 0.3) is 5.91 Å². The molecule has 2 N–H and O–H groups in total. The van der Waals surface area contributed by atoms with Crippen LogP contribution in [0.5, 0.6) is 5.75 Å². The third-order valence-corrected chi connectivity index (χ3v) is 6.18. The molecule has 26 heavy (non-hydrogen) atoms. The van der Waals surface area contributed by atoms with Crippen molar-refractivity contribution in [2.75, 3.05) is 13.6 Å². The van der Waals surface area contributed by atoms with E-state index in [1.54, 1.807) is 19.9 Å². The fourth-order valence-corrected chi connectivity index (χ4v) is 4.09. The lowest BCUT2D eigenvalue weighted by molar-refractivity contribution is 0.0933. The van der Waals surface area contributed by atoms with Crippen molar-refractivity contribution in [3.05, 3.63) is 58.7 Å². The zero-order valence-electron chi connectivity index (χ0n) is 15.0. The number of para-hydroxylation sites is 1. The van der Waals surface area contributed by atoms with Crippen molar-refractivity contribution in [1.29, 1.82) is 0 Å². The second-order valence-electron chi connectivity index (χ2n) is 6.39. The normalized spacial score (nSPS) is 16.0. The Kier molecular flexibility index (Phi) is 5.02. The second-order valence-corrected chi connectivity index (χ2v) is 8.24. The first-order valence-corrected chi connectivity index (χ1v) is 9.87. The van der Waals surface area contributed by atoms with Gasteiger partial charge in [0.15, 0.2) is 0 Å². The number of rotatable bonds is 5. The molecule has 0 unspecified atom stereocenters. The summed E-state index contributed by atoms with van der Waals surface area (Å²) in [5.41, 5.74) is 2.82. The fourth-order valence-electron chi connectivity index (χ4n) is 3.02. The predicted molar refractivity (Wildman–Crippen MR) is 99.1 cm³/mol. The number of sulfonamides is 1. The van der Waals surface area contributed by atoms with Crippen molar-refractivity contribution in [2.24, 2.45) is 0 Å². The minimum absolute atomic E-state index is 0.120. The number of fused-ring (bicyclic) bond motifs is 1. The van der Waals surface area contributed by atoms with Crippen molar-refractivity contribution >= 4 is 15.9 Å². The third-order valence-electron chi connectivity index (χ3n) is 4.64. The van der Waals surface area contributed by atoms with E-state index in [0.29, 0.717) is 17.7 Å². The smallest absolute Gasteiger partial charge is 0.251 e. The van der Waals surface area contributed by atoms with Crippen LogP contribution in [0.2, 0.25) is 0 Å². The van der Waals surface area contributed by atoms with Crippen molar-refractivity contribution in [3.8, 4) is 5.75 Å². The van der Waals surface area contributed by atoms with Crippen LogP contribution in [0.3, 0.4) is 0 Å². The summed E-state index contributed by atoms with van der Waals surface area (Å²) in [7, 11) is -2.28. The van der Waals surface area contributed by atoms with E-state index in [0.717, 1.165) is 23.3 Å². The topological polar surface area (TPSA) is 84.5 Å². The van der Waals surface area contributed by atoms with Crippen LogP contribution in [-0.2, 0) is 16.4 Å². The summed E-state index contributed by atoms with van der Waals surface area (Å²) in [6.45, 7) is 3.87. The molecular formula is C19H22N2O4S. The Bertz CT molecular complexity index is 929. The molecule has 3 rings (SSSR count). The highest BCUT2D eigenvalue weighted by atomic mass is 32.2. The van der Waals surface area contributed by atoms with Gasteiger partial charge >= 0.3 is 0 Å². The summed E-state index contributed by atoms with van der Waals surface area (Å²) in [4.78, 5) is 12.6.